The third-order valence-electron chi connectivity index (χ3n) is 1.55. The van der Waals surface area contributed by atoms with E-state index in [2.05, 4.69) is 4.98 Å². The average Bonchev–Trinajstić information content (AvgIpc) is 2.07. The van der Waals surface area contributed by atoms with E-state index in [9.17, 15) is 4.39 Å². The maximum absolute atomic E-state index is 13.1. The number of hydrogen-bond acceptors (Lipinski definition) is 1. The van der Waals surface area contributed by atoms with Crippen LogP contribution in [-0.4, -0.2) is 4.98 Å². The molecule has 1 unspecified atom stereocenters. The van der Waals surface area contributed by atoms with Gasteiger partial charge in [0, 0.05) is 6.20 Å². The van der Waals surface area contributed by atoms with Crippen molar-refractivity contribution in [1.29, 1.82) is 0 Å². The Labute approximate surface area is 66.3 Å². The molecule has 1 aromatic heterocycles. The molecule has 0 amide bonds. The highest BCUT2D eigenvalue weighted by Gasteiger charge is 2.07. The molecule has 0 aliphatic carbocycles. The highest BCUT2D eigenvalue weighted by atomic mass is 19.1. The molecule has 1 aromatic rings. The van der Waals surface area contributed by atoms with Crippen molar-refractivity contribution in [3.63, 3.8) is 0 Å². The SMILES string of the molecule is CCCC(F)c1ccccn1. The van der Waals surface area contributed by atoms with Gasteiger partial charge in [0.25, 0.3) is 0 Å². The van der Waals surface area contributed by atoms with Crippen molar-refractivity contribution in [2.45, 2.75) is 25.9 Å². The van der Waals surface area contributed by atoms with Crippen LogP contribution in [0.5, 0.6) is 0 Å². The molecule has 1 atom stereocenters. The average molecular weight is 153 g/mol. The van der Waals surface area contributed by atoms with Crippen LogP contribution in [0.1, 0.15) is 31.6 Å². The van der Waals surface area contributed by atoms with E-state index in [4.69, 9.17) is 0 Å². The van der Waals surface area contributed by atoms with Crippen LogP contribution in [0.15, 0.2) is 24.4 Å². The van der Waals surface area contributed by atoms with E-state index < -0.39 is 6.17 Å². The van der Waals surface area contributed by atoms with Crippen LogP contribution >= 0.6 is 0 Å². The summed E-state index contributed by atoms with van der Waals surface area (Å²) in [6.45, 7) is 1.97. The molecule has 0 saturated heterocycles. The Bertz CT molecular complexity index is 198. The number of alkyl halides is 1. The molecular weight excluding hydrogens is 141 g/mol. The zero-order valence-electron chi connectivity index (χ0n) is 6.63. The van der Waals surface area contributed by atoms with Gasteiger partial charge in [-0.15, -0.1) is 0 Å². The molecular formula is C9H12FN. The summed E-state index contributed by atoms with van der Waals surface area (Å²) in [6.07, 6.45) is 2.16. The van der Waals surface area contributed by atoms with Crippen LogP contribution < -0.4 is 0 Å². The molecule has 0 saturated carbocycles. The van der Waals surface area contributed by atoms with Gasteiger partial charge < -0.3 is 0 Å². The summed E-state index contributed by atoms with van der Waals surface area (Å²) in [6, 6.07) is 5.33. The van der Waals surface area contributed by atoms with Gasteiger partial charge in [-0.3, -0.25) is 4.98 Å². The van der Waals surface area contributed by atoms with Crippen LogP contribution in [0.4, 0.5) is 4.39 Å². The van der Waals surface area contributed by atoms with E-state index in [1.165, 1.54) is 0 Å². The topological polar surface area (TPSA) is 12.9 Å². The normalized spacial score (nSPS) is 12.9. The monoisotopic (exact) mass is 153 g/mol. The summed E-state index contributed by atoms with van der Waals surface area (Å²) in [5.74, 6) is 0. The molecule has 0 bridgehead atoms. The van der Waals surface area contributed by atoms with Gasteiger partial charge in [-0.2, -0.15) is 0 Å². The van der Waals surface area contributed by atoms with Crippen molar-refractivity contribution in [3.8, 4) is 0 Å². The van der Waals surface area contributed by atoms with Crippen LogP contribution in [0.3, 0.4) is 0 Å². The Morgan fingerprint density at radius 2 is 2.36 bits per heavy atom. The van der Waals surface area contributed by atoms with Crippen LogP contribution in [0, 0.1) is 0 Å². The molecule has 60 valence electrons. The molecule has 0 spiro atoms. The molecule has 2 heteroatoms. The molecule has 0 fully saturated rings. The van der Waals surface area contributed by atoms with Crippen LogP contribution in [0.25, 0.3) is 0 Å². The minimum Gasteiger partial charge on any atom is -0.258 e. The van der Waals surface area contributed by atoms with Gasteiger partial charge in [0.05, 0.1) is 5.69 Å². The molecule has 0 N–H and O–H groups in total. The number of aromatic nitrogens is 1. The molecule has 0 aliphatic heterocycles. The van der Waals surface area contributed by atoms with E-state index in [1.54, 1.807) is 18.3 Å². The number of pyridine rings is 1. The predicted octanol–water partition coefficient (Wildman–Crippen LogP) is 2.89. The molecule has 11 heavy (non-hydrogen) atoms. The van der Waals surface area contributed by atoms with Gasteiger partial charge in [0.15, 0.2) is 0 Å². The lowest BCUT2D eigenvalue weighted by molar-refractivity contribution is 0.313. The Hall–Kier alpha value is -0.920. The second-order valence-electron chi connectivity index (χ2n) is 2.51. The summed E-state index contributed by atoms with van der Waals surface area (Å²) in [5.41, 5.74) is 0.550. The van der Waals surface area contributed by atoms with E-state index in [0.29, 0.717) is 12.1 Å². The van der Waals surface area contributed by atoms with Gasteiger partial charge in [0.1, 0.15) is 6.17 Å². The van der Waals surface area contributed by atoms with E-state index in [0.717, 1.165) is 6.42 Å². The number of hydrogen-bond donors (Lipinski definition) is 0. The molecule has 1 rings (SSSR count). The van der Waals surface area contributed by atoms with E-state index in [-0.39, 0.29) is 0 Å². The van der Waals surface area contributed by atoms with Crippen molar-refractivity contribution in [3.05, 3.63) is 30.1 Å². The van der Waals surface area contributed by atoms with Crippen molar-refractivity contribution in [2.24, 2.45) is 0 Å². The maximum atomic E-state index is 13.1. The molecule has 0 radical (unpaired) electrons. The second-order valence-corrected chi connectivity index (χ2v) is 2.51. The minimum absolute atomic E-state index is 0.550. The van der Waals surface area contributed by atoms with Crippen molar-refractivity contribution in [1.82, 2.24) is 4.98 Å². The maximum Gasteiger partial charge on any atom is 0.142 e. The summed E-state index contributed by atoms with van der Waals surface area (Å²) in [5, 5.41) is 0. The molecule has 1 heterocycles. The second kappa shape index (κ2) is 4.06. The zero-order chi connectivity index (χ0) is 8.10. The number of rotatable bonds is 3. The first-order valence-electron chi connectivity index (χ1n) is 3.89. The van der Waals surface area contributed by atoms with Gasteiger partial charge in [0.2, 0.25) is 0 Å². The van der Waals surface area contributed by atoms with Gasteiger partial charge in [-0.1, -0.05) is 19.4 Å². The number of nitrogens with zero attached hydrogens (tertiary/aromatic N) is 1. The fraction of sp³-hybridized carbons (Fsp3) is 0.444. The lowest BCUT2D eigenvalue weighted by Crippen LogP contribution is -1.93. The highest BCUT2D eigenvalue weighted by molar-refractivity contribution is 5.06. The Morgan fingerprint density at radius 3 is 2.91 bits per heavy atom. The summed E-state index contributed by atoms with van der Waals surface area (Å²) in [4.78, 5) is 3.92. The minimum atomic E-state index is -0.888. The Morgan fingerprint density at radius 1 is 1.55 bits per heavy atom. The molecule has 1 nitrogen and oxygen atoms in total. The lowest BCUT2D eigenvalue weighted by atomic mass is 10.1. The summed E-state index contributed by atoms with van der Waals surface area (Å²) >= 11 is 0. The smallest absolute Gasteiger partial charge is 0.142 e. The lowest BCUT2D eigenvalue weighted by Gasteiger charge is -2.03. The van der Waals surface area contributed by atoms with Crippen molar-refractivity contribution >= 4 is 0 Å². The first kappa shape index (κ1) is 8.18. The fourth-order valence-electron chi connectivity index (χ4n) is 0.963. The third-order valence-corrected chi connectivity index (χ3v) is 1.55. The number of halogens is 1. The van der Waals surface area contributed by atoms with Gasteiger partial charge in [-0.25, -0.2) is 4.39 Å². The van der Waals surface area contributed by atoms with Gasteiger partial charge >= 0.3 is 0 Å². The van der Waals surface area contributed by atoms with E-state index in [1.807, 2.05) is 13.0 Å². The van der Waals surface area contributed by atoms with E-state index >= 15 is 0 Å². The quantitative estimate of drug-likeness (QED) is 0.650. The first-order chi connectivity index (χ1) is 5.34. The zero-order valence-corrected chi connectivity index (χ0v) is 6.63. The first-order valence-corrected chi connectivity index (χ1v) is 3.89. The largest absolute Gasteiger partial charge is 0.258 e. The van der Waals surface area contributed by atoms with Crippen LogP contribution in [-0.2, 0) is 0 Å². The highest BCUT2D eigenvalue weighted by Crippen LogP contribution is 2.19. The third kappa shape index (κ3) is 2.30. The van der Waals surface area contributed by atoms with Crippen molar-refractivity contribution < 1.29 is 4.39 Å². The van der Waals surface area contributed by atoms with Crippen LogP contribution in [0.2, 0.25) is 0 Å². The Balaban J connectivity index is 2.61. The fourth-order valence-corrected chi connectivity index (χ4v) is 0.963. The van der Waals surface area contributed by atoms with Crippen molar-refractivity contribution in [2.75, 3.05) is 0 Å². The standard InChI is InChI=1S/C9H12FN/c1-2-5-8(10)9-6-3-4-7-11-9/h3-4,6-8H,2,5H2,1H3. The Kier molecular flexibility index (Phi) is 3.02. The summed E-state index contributed by atoms with van der Waals surface area (Å²) < 4.78 is 13.1. The summed E-state index contributed by atoms with van der Waals surface area (Å²) in [7, 11) is 0. The molecule has 0 aliphatic rings. The molecule has 0 aromatic carbocycles. The van der Waals surface area contributed by atoms with Gasteiger partial charge in [-0.05, 0) is 18.6 Å². The predicted molar refractivity (Wildman–Crippen MR) is 43.0 cm³/mol.